The Labute approximate surface area is 130 Å². The Morgan fingerprint density at radius 2 is 2.27 bits per heavy atom. The highest BCUT2D eigenvalue weighted by Crippen LogP contribution is 2.16. The van der Waals surface area contributed by atoms with Crippen molar-refractivity contribution in [3.8, 4) is 0 Å². The maximum atomic E-state index is 12.4. The van der Waals surface area contributed by atoms with Gasteiger partial charge in [-0.05, 0) is 31.7 Å². The van der Waals surface area contributed by atoms with E-state index in [0.717, 1.165) is 16.8 Å². The van der Waals surface area contributed by atoms with Crippen LogP contribution in [0.25, 0.3) is 0 Å². The molecular formula is C16H22N4O2. The van der Waals surface area contributed by atoms with E-state index in [2.05, 4.69) is 15.7 Å². The summed E-state index contributed by atoms with van der Waals surface area (Å²) in [6.45, 7) is 3.16. The Morgan fingerprint density at radius 3 is 2.91 bits per heavy atom. The molecule has 0 aliphatic carbocycles. The van der Waals surface area contributed by atoms with Crippen LogP contribution in [0.5, 0.6) is 0 Å². The molecule has 0 radical (unpaired) electrons. The molecule has 0 fully saturated rings. The molecule has 1 heterocycles. The predicted octanol–water partition coefficient (Wildman–Crippen LogP) is 1.86. The summed E-state index contributed by atoms with van der Waals surface area (Å²) in [5, 5.41) is 10.0. The van der Waals surface area contributed by atoms with Crippen LogP contribution in [0.1, 0.15) is 24.1 Å². The van der Waals surface area contributed by atoms with Crippen molar-refractivity contribution < 1.29 is 9.53 Å². The quantitative estimate of drug-likeness (QED) is 0.819. The van der Waals surface area contributed by atoms with Crippen LogP contribution in [-0.4, -0.2) is 29.3 Å². The number of rotatable bonds is 7. The van der Waals surface area contributed by atoms with Crippen molar-refractivity contribution in [3.05, 3.63) is 47.8 Å². The van der Waals surface area contributed by atoms with E-state index in [-0.39, 0.29) is 5.91 Å². The molecule has 1 atom stereocenters. The second kappa shape index (κ2) is 7.72. The van der Waals surface area contributed by atoms with Crippen molar-refractivity contribution in [1.29, 1.82) is 0 Å². The molecule has 0 saturated heterocycles. The average Bonchev–Trinajstić information content (AvgIpc) is 2.92. The van der Waals surface area contributed by atoms with E-state index >= 15 is 0 Å². The number of hydrogen-bond donors (Lipinski definition) is 2. The Morgan fingerprint density at radius 1 is 1.45 bits per heavy atom. The van der Waals surface area contributed by atoms with Crippen molar-refractivity contribution in [2.45, 2.75) is 19.6 Å². The fourth-order valence-corrected chi connectivity index (χ4v) is 2.21. The van der Waals surface area contributed by atoms with Crippen molar-refractivity contribution in [2.24, 2.45) is 7.05 Å². The average molecular weight is 302 g/mol. The second-order valence-corrected chi connectivity index (χ2v) is 5.00. The van der Waals surface area contributed by atoms with Gasteiger partial charge in [0.15, 0.2) is 0 Å². The first kappa shape index (κ1) is 16.2. The number of nitrogens with one attached hydrogen (secondary N) is 2. The lowest BCUT2D eigenvalue weighted by atomic mass is 10.1. The fourth-order valence-electron chi connectivity index (χ4n) is 2.21. The maximum absolute atomic E-state index is 12.4. The van der Waals surface area contributed by atoms with E-state index in [4.69, 9.17) is 4.74 Å². The number of nitrogens with zero attached hydrogens (tertiary/aromatic N) is 2. The minimum Gasteiger partial charge on any atom is -0.377 e. The molecule has 2 N–H and O–H groups in total. The van der Waals surface area contributed by atoms with Gasteiger partial charge in [0.25, 0.3) is 0 Å². The number of hydrogen-bond acceptors (Lipinski definition) is 4. The second-order valence-electron chi connectivity index (χ2n) is 5.00. The third kappa shape index (κ3) is 4.16. The number of amides is 1. The minimum absolute atomic E-state index is 0.121. The van der Waals surface area contributed by atoms with E-state index in [1.807, 2.05) is 44.4 Å². The molecule has 6 nitrogen and oxygen atoms in total. The summed E-state index contributed by atoms with van der Waals surface area (Å²) in [5.74, 6) is -0.121. The van der Waals surface area contributed by atoms with Gasteiger partial charge in [0.05, 0.1) is 12.8 Å². The number of aromatic nitrogens is 2. The van der Waals surface area contributed by atoms with Gasteiger partial charge in [0.2, 0.25) is 5.91 Å². The molecule has 6 heteroatoms. The fraction of sp³-hybridized carbons (Fsp3) is 0.375. The first-order chi connectivity index (χ1) is 10.6. The number of ether oxygens (including phenoxy) is 1. The van der Waals surface area contributed by atoms with E-state index in [9.17, 15) is 4.79 Å². The number of anilines is 1. The van der Waals surface area contributed by atoms with Gasteiger partial charge in [-0.25, -0.2) is 0 Å². The maximum Gasteiger partial charge on any atom is 0.246 e. The molecule has 0 aliphatic heterocycles. The van der Waals surface area contributed by atoms with Gasteiger partial charge < -0.3 is 15.4 Å². The molecule has 1 aromatic heterocycles. The van der Waals surface area contributed by atoms with Crippen LogP contribution in [0.15, 0.2) is 36.7 Å². The standard InChI is InChI=1S/C16H22N4O2/c1-4-22-11-12-6-5-7-14(8-12)19-16(21)15(17-2)13-9-18-20(3)10-13/h5-10,15,17H,4,11H2,1-3H3,(H,19,21). The third-order valence-corrected chi connectivity index (χ3v) is 3.28. The summed E-state index contributed by atoms with van der Waals surface area (Å²) in [6, 6.07) is 7.22. The molecule has 1 amide bonds. The largest absolute Gasteiger partial charge is 0.377 e. The van der Waals surface area contributed by atoms with Crippen LogP contribution in [0.2, 0.25) is 0 Å². The minimum atomic E-state index is -0.441. The summed E-state index contributed by atoms with van der Waals surface area (Å²) in [6.07, 6.45) is 3.51. The highest BCUT2D eigenvalue weighted by Gasteiger charge is 2.20. The zero-order chi connectivity index (χ0) is 15.9. The lowest BCUT2D eigenvalue weighted by Gasteiger charge is -2.15. The summed E-state index contributed by atoms with van der Waals surface area (Å²) < 4.78 is 7.06. The number of likely N-dealkylation sites (N-methyl/N-ethyl adjacent to an activating group) is 1. The Hall–Kier alpha value is -2.18. The van der Waals surface area contributed by atoms with Crippen LogP contribution in [-0.2, 0) is 23.2 Å². The topological polar surface area (TPSA) is 68.2 Å². The van der Waals surface area contributed by atoms with Gasteiger partial charge in [-0.2, -0.15) is 5.10 Å². The summed E-state index contributed by atoms with van der Waals surface area (Å²) in [7, 11) is 3.58. The first-order valence-electron chi connectivity index (χ1n) is 7.27. The molecular weight excluding hydrogens is 280 g/mol. The number of carbonyl (C=O) groups is 1. The van der Waals surface area contributed by atoms with Gasteiger partial charge in [-0.1, -0.05) is 12.1 Å². The highest BCUT2D eigenvalue weighted by molar-refractivity contribution is 5.95. The summed E-state index contributed by atoms with van der Waals surface area (Å²) >= 11 is 0. The van der Waals surface area contributed by atoms with E-state index < -0.39 is 6.04 Å². The van der Waals surface area contributed by atoms with Crippen molar-refractivity contribution in [2.75, 3.05) is 19.0 Å². The van der Waals surface area contributed by atoms with Crippen LogP contribution in [0, 0.1) is 0 Å². The highest BCUT2D eigenvalue weighted by atomic mass is 16.5. The normalized spacial score (nSPS) is 12.1. The third-order valence-electron chi connectivity index (χ3n) is 3.28. The van der Waals surface area contributed by atoms with Crippen molar-refractivity contribution in [3.63, 3.8) is 0 Å². The van der Waals surface area contributed by atoms with Crippen LogP contribution >= 0.6 is 0 Å². The number of carbonyl (C=O) groups excluding carboxylic acids is 1. The molecule has 118 valence electrons. The molecule has 0 aliphatic rings. The smallest absolute Gasteiger partial charge is 0.246 e. The molecule has 0 saturated carbocycles. The lowest BCUT2D eigenvalue weighted by Crippen LogP contribution is -2.30. The monoisotopic (exact) mass is 302 g/mol. The van der Waals surface area contributed by atoms with Gasteiger partial charge in [-0.15, -0.1) is 0 Å². The van der Waals surface area contributed by atoms with Crippen LogP contribution in [0.3, 0.4) is 0 Å². The molecule has 2 rings (SSSR count). The molecule has 1 aromatic carbocycles. The molecule has 22 heavy (non-hydrogen) atoms. The zero-order valence-corrected chi connectivity index (χ0v) is 13.2. The molecule has 0 spiro atoms. The lowest BCUT2D eigenvalue weighted by molar-refractivity contribution is -0.118. The molecule has 2 aromatic rings. The van der Waals surface area contributed by atoms with E-state index in [1.54, 1.807) is 17.9 Å². The molecule has 0 bridgehead atoms. The number of aryl methyl sites for hydroxylation is 1. The van der Waals surface area contributed by atoms with Gasteiger partial charge in [0.1, 0.15) is 6.04 Å². The van der Waals surface area contributed by atoms with Crippen LogP contribution < -0.4 is 10.6 Å². The summed E-state index contributed by atoms with van der Waals surface area (Å²) in [4.78, 5) is 12.4. The SMILES string of the molecule is CCOCc1cccc(NC(=O)C(NC)c2cnn(C)c2)c1. The Bertz CT molecular complexity index is 624. The van der Waals surface area contributed by atoms with Gasteiger partial charge >= 0.3 is 0 Å². The molecule has 1 unspecified atom stereocenters. The Kier molecular flexibility index (Phi) is 5.68. The number of benzene rings is 1. The van der Waals surface area contributed by atoms with Gasteiger partial charge in [-0.3, -0.25) is 9.48 Å². The first-order valence-corrected chi connectivity index (χ1v) is 7.27. The van der Waals surface area contributed by atoms with E-state index in [0.29, 0.717) is 13.2 Å². The Balaban J connectivity index is 2.07. The van der Waals surface area contributed by atoms with E-state index in [1.165, 1.54) is 0 Å². The van der Waals surface area contributed by atoms with Crippen molar-refractivity contribution in [1.82, 2.24) is 15.1 Å². The van der Waals surface area contributed by atoms with Crippen molar-refractivity contribution >= 4 is 11.6 Å². The van der Waals surface area contributed by atoms with Gasteiger partial charge in [0, 0.05) is 31.1 Å². The predicted molar refractivity (Wildman–Crippen MR) is 85.4 cm³/mol. The summed E-state index contributed by atoms with van der Waals surface area (Å²) in [5.41, 5.74) is 2.61. The van der Waals surface area contributed by atoms with Crippen LogP contribution in [0.4, 0.5) is 5.69 Å². The zero-order valence-electron chi connectivity index (χ0n) is 13.2.